The number of halogens is 2. The topological polar surface area (TPSA) is 57.6 Å². The number of carboxylic acid groups (broad SMARTS) is 1. The van der Waals surface area contributed by atoms with Crippen molar-refractivity contribution < 1.29 is 23.5 Å². The number of aliphatic carboxylic acids is 1. The molecule has 0 saturated heterocycles. The number of amides is 1. The fourth-order valence-corrected chi connectivity index (χ4v) is 2.60. The van der Waals surface area contributed by atoms with Gasteiger partial charge in [-0.3, -0.25) is 9.59 Å². The monoisotopic (exact) mass is 277 g/mol. The second-order valence-corrected chi connectivity index (χ2v) is 5.34. The van der Waals surface area contributed by atoms with E-state index in [1.807, 2.05) is 0 Å². The molecule has 1 aliphatic carbocycles. The summed E-state index contributed by atoms with van der Waals surface area (Å²) in [5.41, 5.74) is -1.07. The molecule has 1 rings (SSSR count). The lowest BCUT2D eigenvalue weighted by atomic mass is 9.77. The highest BCUT2D eigenvalue weighted by molar-refractivity contribution is 5.85. The maximum absolute atomic E-state index is 12.2. The Balaban J connectivity index is 2.72. The average molecular weight is 277 g/mol. The molecule has 6 heteroatoms. The summed E-state index contributed by atoms with van der Waals surface area (Å²) in [5.74, 6) is -1.49. The first-order valence-electron chi connectivity index (χ1n) is 6.63. The molecule has 0 aromatic heterocycles. The Hall–Kier alpha value is -1.20. The van der Waals surface area contributed by atoms with E-state index in [2.05, 4.69) is 0 Å². The van der Waals surface area contributed by atoms with E-state index < -0.39 is 30.3 Å². The zero-order valence-electron chi connectivity index (χ0n) is 11.2. The molecule has 0 aromatic carbocycles. The van der Waals surface area contributed by atoms with Gasteiger partial charge in [-0.15, -0.1) is 0 Å². The van der Waals surface area contributed by atoms with Gasteiger partial charge in [0.25, 0.3) is 6.43 Å². The fraction of sp³-hybridized carbons (Fsp3) is 0.846. The van der Waals surface area contributed by atoms with Gasteiger partial charge < -0.3 is 10.0 Å². The van der Waals surface area contributed by atoms with Crippen LogP contribution in [0.3, 0.4) is 0 Å². The third-order valence-corrected chi connectivity index (χ3v) is 3.84. The van der Waals surface area contributed by atoms with Crippen LogP contribution >= 0.6 is 0 Å². The maximum atomic E-state index is 12.2. The molecule has 0 radical (unpaired) electrons. The fourth-order valence-electron chi connectivity index (χ4n) is 2.60. The van der Waals surface area contributed by atoms with E-state index in [1.165, 1.54) is 7.05 Å². The van der Waals surface area contributed by atoms with Crippen LogP contribution in [0.2, 0.25) is 0 Å². The lowest BCUT2D eigenvalue weighted by Gasteiger charge is -2.29. The molecular weight excluding hydrogens is 256 g/mol. The molecule has 0 bridgehead atoms. The minimum Gasteiger partial charge on any atom is -0.481 e. The van der Waals surface area contributed by atoms with Crippen molar-refractivity contribution in [1.82, 2.24) is 4.90 Å². The lowest BCUT2D eigenvalue weighted by molar-refractivity contribution is -0.154. The molecule has 0 unspecified atom stereocenters. The summed E-state index contributed by atoms with van der Waals surface area (Å²) < 4.78 is 24.5. The first kappa shape index (κ1) is 15.9. The molecule has 0 aliphatic heterocycles. The molecule has 110 valence electrons. The van der Waals surface area contributed by atoms with E-state index in [1.54, 1.807) is 0 Å². The van der Waals surface area contributed by atoms with Gasteiger partial charge in [0.05, 0.1) is 12.0 Å². The predicted octanol–water partition coefficient (Wildman–Crippen LogP) is 2.53. The van der Waals surface area contributed by atoms with E-state index in [0.717, 1.165) is 30.6 Å². The number of carbonyl (C=O) groups excluding carboxylic acids is 1. The first-order valence-corrected chi connectivity index (χ1v) is 6.63. The normalized spacial score (nSPS) is 18.9. The van der Waals surface area contributed by atoms with Crippen LogP contribution in [0.5, 0.6) is 0 Å². The standard InChI is InChI=1S/C13H21F2NO3/c1-16(9-10(14)15)11(17)8-13(12(18)19)6-4-2-3-5-7-13/h10H,2-9H2,1H3,(H,18,19). The molecule has 4 nitrogen and oxygen atoms in total. The SMILES string of the molecule is CN(CC(F)F)C(=O)CC1(C(=O)O)CCCCCC1. The number of carbonyl (C=O) groups is 2. The minimum absolute atomic E-state index is 0.175. The van der Waals surface area contributed by atoms with Crippen LogP contribution < -0.4 is 0 Å². The number of nitrogens with zero attached hydrogens (tertiary/aromatic N) is 1. The van der Waals surface area contributed by atoms with E-state index in [9.17, 15) is 23.5 Å². The van der Waals surface area contributed by atoms with Crippen molar-refractivity contribution in [2.75, 3.05) is 13.6 Å². The van der Waals surface area contributed by atoms with Crippen LogP contribution in [0.15, 0.2) is 0 Å². The third kappa shape index (κ3) is 4.44. The van der Waals surface area contributed by atoms with Gasteiger partial charge in [-0.25, -0.2) is 8.78 Å². The van der Waals surface area contributed by atoms with E-state index in [-0.39, 0.29) is 6.42 Å². The van der Waals surface area contributed by atoms with Gasteiger partial charge in [0.2, 0.25) is 5.91 Å². The molecule has 1 saturated carbocycles. The van der Waals surface area contributed by atoms with Gasteiger partial charge in [-0.05, 0) is 12.8 Å². The Labute approximate surface area is 111 Å². The second-order valence-electron chi connectivity index (χ2n) is 5.34. The van der Waals surface area contributed by atoms with Gasteiger partial charge >= 0.3 is 5.97 Å². The molecule has 0 atom stereocenters. The smallest absolute Gasteiger partial charge is 0.310 e. The molecule has 1 amide bonds. The zero-order valence-corrected chi connectivity index (χ0v) is 11.2. The quantitative estimate of drug-likeness (QED) is 0.786. The molecule has 0 heterocycles. The highest BCUT2D eigenvalue weighted by atomic mass is 19.3. The van der Waals surface area contributed by atoms with E-state index >= 15 is 0 Å². The highest BCUT2D eigenvalue weighted by Gasteiger charge is 2.41. The second kappa shape index (κ2) is 6.82. The summed E-state index contributed by atoms with van der Waals surface area (Å²) in [6.07, 6.45) is 1.63. The van der Waals surface area contributed by atoms with Crippen molar-refractivity contribution >= 4 is 11.9 Å². The summed E-state index contributed by atoms with van der Waals surface area (Å²) >= 11 is 0. The number of rotatable bonds is 5. The average Bonchev–Trinajstić information content (AvgIpc) is 2.54. The van der Waals surface area contributed by atoms with Gasteiger partial charge in [-0.2, -0.15) is 0 Å². The summed E-state index contributed by atoms with van der Waals surface area (Å²) in [4.78, 5) is 24.3. The molecule has 1 aliphatic rings. The molecular formula is C13H21F2NO3. The number of hydrogen-bond donors (Lipinski definition) is 1. The van der Waals surface area contributed by atoms with Crippen molar-refractivity contribution in [3.63, 3.8) is 0 Å². The van der Waals surface area contributed by atoms with Gasteiger partial charge in [0, 0.05) is 13.5 Å². The summed E-state index contributed by atoms with van der Waals surface area (Å²) in [5, 5.41) is 9.41. The summed E-state index contributed by atoms with van der Waals surface area (Å²) in [6, 6.07) is 0. The van der Waals surface area contributed by atoms with Crippen molar-refractivity contribution in [1.29, 1.82) is 0 Å². The van der Waals surface area contributed by atoms with Crippen LogP contribution in [0.1, 0.15) is 44.9 Å². The molecule has 0 spiro atoms. The highest BCUT2D eigenvalue weighted by Crippen LogP contribution is 2.38. The van der Waals surface area contributed by atoms with E-state index in [4.69, 9.17) is 0 Å². The third-order valence-electron chi connectivity index (χ3n) is 3.84. The molecule has 19 heavy (non-hydrogen) atoms. The largest absolute Gasteiger partial charge is 0.481 e. The minimum atomic E-state index is -2.59. The van der Waals surface area contributed by atoms with Crippen molar-refractivity contribution in [2.45, 2.75) is 51.4 Å². The summed E-state index contributed by atoms with van der Waals surface area (Å²) in [7, 11) is 1.29. The Morgan fingerprint density at radius 1 is 1.21 bits per heavy atom. The Morgan fingerprint density at radius 2 is 1.74 bits per heavy atom. The van der Waals surface area contributed by atoms with Crippen LogP contribution in [0.25, 0.3) is 0 Å². The first-order chi connectivity index (χ1) is 8.87. The number of hydrogen-bond acceptors (Lipinski definition) is 2. The molecule has 1 N–H and O–H groups in total. The van der Waals surface area contributed by atoms with Gasteiger partial charge in [0.1, 0.15) is 0 Å². The van der Waals surface area contributed by atoms with Crippen molar-refractivity contribution in [2.24, 2.45) is 5.41 Å². The number of alkyl halides is 2. The van der Waals surface area contributed by atoms with Gasteiger partial charge in [-0.1, -0.05) is 25.7 Å². The predicted molar refractivity (Wildman–Crippen MR) is 66.0 cm³/mol. The van der Waals surface area contributed by atoms with Crippen molar-refractivity contribution in [3.05, 3.63) is 0 Å². The van der Waals surface area contributed by atoms with Crippen LogP contribution in [-0.4, -0.2) is 41.9 Å². The molecule has 0 aromatic rings. The molecule has 1 fully saturated rings. The Morgan fingerprint density at radius 3 is 2.16 bits per heavy atom. The maximum Gasteiger partial charge on any atom is 0.310 e. The van der Waals surface area contributed by atoms with E-state index in [0.29, 0.717) is 12.8 Å². The van der Waals surface area contributed by atoms with Crippen LogP contribution in [0, 0.1) is 5.41 Å². The zero-order chi connectivity index (χ0) is 14.5. The Kier molecular flexibility index (Phi) is 5.69. The van der Waals surface area contributed by atoms with Crippen molar-refractivity contribution in [3.8, 4) is 0 Å². The Bertz CT molecular complexity index is 326. The van der Waals surface area contributed by atoms with Crippen LogP contribution in [-0.2, 0) is 9.59 Å². The van der Waals surface area contributed by atoms with Crippen LogP contribution in [0.4, 0.5) is 8.78 Å². The number of carboxylic acids is 1. The van der Waals surface area contributed by atoms with Gasteiger partial charge in [0.15, 0.2) is 0 Å². The summed E-state index contributed by atoms with van der Waals surface area (Å²) in [6.45, 7) is -0.644. The lowest BCUT2D eigenvalue weighted by Crippen LogP contribution is -2.39.